The van der Waals surface area contributed by atoms with Gasteiger partial charge in [0.05, 0.1) is 11.4 Å². The van der Waals surface area contributed by atoms with Gasteiger partial charge in [-0.25, -0.2) is 0 Å². The van der Waals surface area contributed by atoms with Crippen molar-refractivity contribution in [1.29, 1.82) is 0 Å². The number of amides is 1. The van der Waals surface area contributed by atoms with Crippen molar-refractivity contribution in [2.75, 3.05) is 11.6 Å². The molecule has 0 saturated carbocycles. The number of aryl methyl sites for hydroxylation is 1. The zero-order chi connectivity index (χ0) is 17.5. The van der Waals surface area contributed by atoms with Crippen LogP contribution in [0.4, 0.5) is 11.4 Å². The summed E-state index contributed by atoms with van der Waals surface area (Å²) >= 11 is 0. The molecule has 4 heteroatoms. The molecule has 0 unspecified atom stereocenters. The minimum absolute atomic E-state index is 0.0559. The van der Waals surface area contributed by atoms with Crippen LogP contribution in [0.1, 0.15) is 5.56 Å². The Balaban J connectivity index is 1.71. The molecule has 0 aromatic heterocycles. The monoisotopic (exact) mass is 332 g/mol. The van der Waals surface area contributed by atoms with Crippen molar-refractivity contribution in [3.63, 3.8) is 0 Å². The number of benzene rings is 3. The van der Waals surface area contributed by atoms with E-state index in [9.17, 15) is 4.79 Å². The predicted octanol–water partition coefficient (Wildman–Crippen LogP) is 4.24. The molecule has 126 valence electrons. The van der Waals surface area contributed by atoms with Crippen molar-refractivity contribution in [3.8, 4) is 5.75 Å². The van der Waals surface area contributed by atoms with Gasteiger partial charge < -0.3 is 4.74 Å². The number of hydrogen-bond acceptors (Lipinski definition) is 3. The number of hydrazine groups is 1. The Hall–Kier alpha value is -3.27. The van der Waals surface area contributed by atoms with Crippen molar-refractivity contribution in [1.82, 2.24) is 5.43 Å². The second kappa shape index (κ2) is 8.02. The van der Waals surface area contributed by atoms with E-state index in [1.807, 2.05) is 91.9 Å². The summed E-state index contributed by atoms with van der Waals surface area (Å²) in [6.45, 7) is 1.93. The van der Waals surface area contributed by atoms with Crippen LogP contribution in [0.5, 0.6) is 5.75 Å². The third-order valence-electron chi connectivity index (χ3n) is 3.62. The molecule has 3 aromatic rings. The Morgan fingerprint density at radius 1 is 0.880 bits per heavy atom. The van der Waals surface area contributed by atoms with Crippen LogP contribution in [0, 0.1) is 6.92 Å². The van der Waals surface area contributed by atoms with Crippen LogP contribution in [-0.2, 0) is 4.79 Å². The Kier molecular flexibility index (Phi) is 5.32. The molecule has 25 heavy (non-hydrogen) atoms. The lowest BCUT2D eigenvalue weighted by atomic mass is 10.2. The molecule has 0 fully saturated rings. The maximum atomic E-state index is 12.4. The van der Waals surface area contributed by atoms with Crippen LogP contribution in [0.15, 0.2) is 84.9 Å². The van der Waals surface area contributed by atoms with E-state index in [4.69, 9.17) is 4.74 Å². The van der Waals surface area contributed by atoms with Gasteiger partial charge in [0.2, 0.25) is 0 Å². The van der Waals surface area contributed by atoms with Crippen LogP contribution in [0.2, 0.25) is 0 Å². The number of rotatable bonds is 6. The molecule has 1 amide bonds. The normalized spacial score (nSPS) is 10.1. The zero-order valence-corrected chi connectivity index (χ0v) is 14.1. The van der Waals surface area contributed by atoms with Crippen molar-refractivity contribution in [2.45, 2.75) is 6.92 Å². The lowest BCUT2D eigenvalue weighted by Crippen LogP contribution is -2.41. The molecule has 0 aliphatic carbocycles. The summed E-state index contributed by atoms with van der Waals surface area (Å²) in [5.41, 5.74) is 5.74. The minimum Gasteiger partial charge on any atom is -0.484 e. The van der Waals surface area contributed by atoms with Gasteiger partial charge in [0.1, 0.15) is 5.75 Å². The third kappa shape index (κ3) is 4.61. The third-order valence-corrected chi connectivity index (χ3v) is 3.62. The molecule has 0 spiro atoms. The predicted molar refractivity (Wildman–Crippen MR) is 99.8 cm³/mol. The molecular formula is C21H20N2O2. The second-order valence-corrected chi connectivity index (χ2v) is 5.65. The fourth-order valence-corrected chi connectivity index (χ4v) is 2.44. The van der Waals surface area contributed by atoms with Gasteiger partial charge in [0, 0.05) is 0 Å². The van der Waals surface area contributed by atoms with Gasteiger partial charge in [-0.2, -0.15) is 0 Å². The SMILES string of the molecule is Cc1cccc(OCC(=O)NN(c2ccccc2)c2ccccc2)c1. The van der Waals surface area contributed by atoms with Crippen LogP contribution in [0.3, 0.4) is 0 Å². The zero-order valence-electron chi connectivity index (χ0n) is 14.1. The lowest BCUT2D eigenvalue weighted by Gasteiger charge is -2.25. The number of carbonyl (C=O) groups is 1. The van der Waals surface area contributed by atoms with Gasteiger partial charge in [-0.15, -0.1) is 0 Å². The van der Waals surface area contributed by atoms with Gasteiger partial charge in [-0.3, -0.25) is 15.2 Å². The molecule has 0 bridgehead atoms. The molecule has 0 heterocycles. The average molecular weight is 332 g/mol. The van der Waals surface area contributed by atoms with E-state index in [-0.39, 0.29) is 12.5 Å². The Morgan fingerprint density at radius 3 is 2.04 bits per heavy atom. The van der Waals surface area contributed by atoms with Crippen molar-refractivity contribution >= 4 is 17.3 Å². The van der Waals surface area contributed by atoms with Crippen molar-refractivity contribution < 1.29 is 9.53 Å². The summed E-state index contributed by atoms with van der Waals surface area (Å²) < 4.78 is 5.58. The van der Waals surface area contributed by atoms with Crippen LogP contribution < -0.4 is 15.2 Å². The molecule has 3 aromatic carbocycles. The number of carbonyl (C=O) groups excluding carboxylic acids is 1. The van der Waals surface area contributed by atoms with E-state index < -0.39 is 0 Å². The summed E-state index contributed by atoms with van der Waals surface area (Å²) in [6, 6.07) is 27.0. The first kappa shape index (κ1) is 16.6. The van der Waals surface area contributed by atoms with Crippen LogP contribution >= 0.6 is 0 Å². The Bertz CT molecular complexity index is 780. The highest BCUT2D eigenvalue weighted by Crippen LogP contribution is 2.22. The molecule has 0 atom stereocenters. The highest BCUT2D eigenvalue weighted by atomic mass is 16.5. The van der Waals surface area contributed by atoms with Gasteiger partial charge in [0.25, 0.3) is 5.91 Å². The summed E-state index contributed by atoms with van der Waals surface area (Å²) in [5, 5.41) is 1.75. The maximum absolute atomic E-state index is 12.4. The molecular weight excluding hydrogens is 312 g/mol. The highest BCUT2D eigenvalue weighted by Gasteiger charge is 2.13. The number of para-hydroxylation sites is 2. The molecule has 0 aliphatic rings. The smallest absolute Gasteiger partial charge is 0.276 e. The Morgan fingerprint density at radius 2 is 1.48 bits per heavy atom. The average Bonchev–Trinajstić information content (AvgIpc) is 2.66. The standard InChI is InChI=1S/C21H20N2O2/c1-17-9-8-14-20(15-17)25-16-21(24)22-23(18-10-4-2-5-11-18)19-12-6-3-7-13-19/h2-15H,16H2,1H3,(H,22,24). The Labute approximate surface area is 147 Å². The van der Waals surface area contributed by atoms with Crippen LogP contribution in [0.25, 0.3) is 0 Å². The second-order valence-electron chi connectivity index (χ2n) is 5.65. The number of anilines is 2. The number of nitrogens with zero attached hydrogens (tertiary/aromatic N) is 1. The van der Waals surface area contributed by atoms with E-state index in [1.54, 1.807) is 5.01 Å². The molecule has 3 rings (SSSR count). The highest BCUT2D eigenvalue weighted by molar-refractivity contribution is 5.81. The van der Waals surface area contributed by atoms with E-state index in [2.05, 4.69) is 5.43 Å². The summed E-state index contributed by atoms with van der Waals surface area (Å²) in [6.07, 6.45) is 0. The summed E-state index contributed by atoms with van der Waals surface area (Å²) in [4.78, 5) is 12.4. The van der Waals surface area contributed by atoms with E-state index in [0.717, 1.165) is 16.9 Å². The van der Waals surface area contributed by atoms with Gasteiger partial charge in [-0.1, -0.05) is 48.5 Å². The van der Waals surface area contributed by atoms with Crippen LogP contribution in [-0.4, -0.2) is 12.5 Å². The number of ether oxygens (including phenoxy) is 1. The summed E-state index contributed by atoms with van der Waals surface area (Å²) in [7, 11) is 0. The van der Waals surface area contributed by atoms with E-state index >= 15 is 0 Å². The van der Waals surface area contributed by atoms with E-state index in [1.165, 1.54) is 0 Å². The topological polar surface area (TPSA) is 41.6 Å². The first-order chi connectivity index (χ1) is 12.2. The first-order valence-corrected chi connectivity index (χ1v) is 8.11. The number of hydrogen-bond donors (Lipinski definition) is 1. The molecule has 4 nitrogen and oxygen atoms in total. The van der Waals surface area contributed by atoms with Crippen molar-refractivity contribution in [2.24, 2.45) is 0 Å². The van der Waals surface area contributed by atoms with E-state index in [0.29, 0.717) is 5.75 Å². The minimum atomic E-state index is -0.228. The first-order valence-electron chi connectivity index (χ1n) is 8.11. The largest absolute Gasteiger partial charge is 0.484 e. The molecule has 0 saturated heterocycles. The lowest BCUT2D eigenvalue weighted by molar-refractivity contribution is -0.123. The fourth-order valence-electron chi connectivity index (χ4n) is 2.44. The maximum Gasteiger partial charge on any atom is 0.276 e. The van der Waals surface area contributed by atoms with Gasteiger partial charge >= 0.3 is 0 Å². The molecule has 1 N–H and O–H groups in total. The number of nitrogens with one attached hydrogen (secondary N) is 1. The van der Waals surface area contributed by atoms with Gasteiger partial charge in [0.15, 0.2) is 6.61 Å². The van der Waals surface area contributed by atoms with Gasteiger partial charge in [-0.05, 0) is 48.9 Å². The molecule has 0 aliphatic heterocycles. The summed E-state index contributed by atoms with van der Waals surface area (Å²) in [5.74, 6) is 0.454. The van der Waals surface area contributed by atoms with Crippen molar-refractivity contribution in [3.05, 3.63) is 90.5 Å². The fraction of sp³-hybridized carbons (Fsp3) is 0.0952. The quantitative estimate of drug-likeness (QED) is 0.686. The molecule has 0 radical (unpaired) electrons.